The normalized spacial score (nSPS) is 10.2. The van der Waals surface area contributed by atoms with E-state index in [4.69, 9.17) is 33.7 Å². The number of carbonyl (C=O) groups excluding carboxylic acids is 1. The van der Waals surface area contributed by atoms with Crippen molar-refractivity contribution in [3.63, 3.8) is 0 Å². The second-order valence-electron chi connectivity index (χ2n) is 5.54. The lowest BCUT2D eigenvalue weighted by Gasteiger charge is -2.13. The summed E-state index contributed by atoms with van der Waals surface area (Å²) in [6.45, 7) is -0.172. The Labute approximate surface area is 171 Å². The molecule has 2 aromatic carbocycles. The number of rotatable bonds is 7. The van der Waals surface area contributed by atoms with Crippen molar-refractivity contribution in [1.82, 2.24) is 15.4 Å². The number of hydrazine groups is 1. The molecule has 0 bridgehead atoms. The van der Waals surface area contributed by atoms with E-state index in [1.54, 1.807) is 30.3 Å². The number of nitrogens with two attached hydrogens (primary N) is 1. The van der Waals surface area contributed by atoms with E-state index in [9.17, 15) is 4.79 Å². The van der Waals surface area contributed by atoms with Gasteiger partial charge in [-0.25, -0.2) is 9.97 Å². The molecule has 1 aromatic heterocycles. The highest BCUT2D eigenvalue weighted by molar-refractivity contribution is 6.35. The molecule has 0 spiro atoms. The van der Waals surface area contributed by atoms with Gasteiger partial charge < -0.3 is 15.8 Å². The van der Waals surface area contributed by atoms with E-state index in [1.807, 2.05) is 18.2 Å². The predicted molar refractivity (Wildman–Crippen MR) is 110 cm³/mol. The first-order chi connectivity index (χ1) is 13.5. The Morgan fingerprint density at radius 2 is 1.71 bits per heavy atom. The van der Waals surface area contributed by atoms with Crippen molar-refractivity contribution in [3.05, 3.63) is 64.9 Å². The molecule has 0 atom stereocenters. The molecule has 144 valence electrons. The van der Waals surface area contributed by atoms with Crippen LogP contribution in [-0.2, 0) is 4.79 Å². The molecule has 0 unspecified atom stereocenters. The second kappa shape index (κ2) is 9.12. The highest BCUT2D eigenvalue weighted by Crippen LogP contribution is 2.28. The van der Waals surface area contributed by atoms with E-state index in [-0.39, 0.29) is 18.1 Å². The quantitative estimate of drug-likeness (QED) is 0.433. The molecule has 0 saturated heterocycles. The van der Waals surface area contributed by atoms with E-state index in [2.05, 4.69) is 26.1 Å². The summed E-state index contributed by atoms with van der Waals surface area (Å²) < 4.78 is 5.36. The maximum absolute atomic E-state index is 11.9. The average Bonchev–Trinajstić information content (AvgIpc) is 2.67. The van der Waals surface area contributed by atoms with Gasteiger partial charge in [-0.1, -0.05) is 41.4 Å². The first-order valence-electron chi connectivity index (χ1n) is 8.07. The second-order valence-corrected chi connectivity index (χ2v) is 6.42. The van der Waals surface area contributed by atoms with E-state index < -0.39 is 5.91 Å². The molecule has 3 aromatic rings. The lowest BCUT2D eigenvalue weighted by molar-refractivity contribution is -0.122. The van der Waals surface area contributed by atoms with Crippen LogP contribution in [0.2, 0.25) is 10.0 Å². The fourth-order valence-electron chi connectivity index (χ4n) is 2.19. The number of hydrogen-bond donors (Lipinski definition) is 4. The number of carbonyl (C=O) groups is 1. The van der Waals surface area contributed by atoms with E-state index in [0.29, 0.717) is 27.3 Å². The van der Waals surface area contributed by atoms with Crippen LogP contribution in [0.25, 0.3) is 0 Å². The topological polar surface area (TPSA) is 114 Å². The van der Waals surface area contributed by atoms with Crippen LogP contribution in [0, 0.1) is 0 Å². The van der Waals surface area contributed by atoms with Crippen LogP contribution in [0.1, 0.15) is 0 Å². The highest BCUT2D eigenvalue weighted by Gasteiger charge is 2.10. The van der Waals surface area contributed by atoms with Crippen molar-refractivity contribution >= 4 is 52.1 Å². The minimum absolute atomic E-state index is 0.172. The molecule has 8 nitrogen and oxygen atoms in total. The fraction of sp³-hybridized carbons (Fsp3) is 0.0556. The van der Waals surface area contributed by atoms with Gasteiger partial charge in [0.05, 0.1) is 0 Å². The van der Waals surface area contributed by atoms with Crippen LogP contribution in [0.5, 0.6) is 5.75 Å². The Morgan fingerprint density at radius 1 is 1.04 bits per heavy atom. The van der Waals surface area contributed by atoms with Gasteiger partial charge in [0, 0.05) is 15.7 Å². The van der Waals surface area contributed by atoms with Crippen molar-refractivity contribution in [2.75, 3.05) is 23.1 Å². The number of benzene rings is 2. The Morgan fingerprint density at radius 3 is 2.43 bits per heavy atom. The number of aromatic nitrogens is 2. The maximum Gasteiger partial charge on any atom is 0.276 e. The molecular formula is C18H16Cl2N6O2. The minimum atomic E-state index is -0.405. The van der Waals surface area contributed by atoms with Crippen molar-refractivity contribution in [2.45, 2.75) is 0 Å². The lowest BCUT2D eigenvalue weighted by Crippen LogP contribution is -2.34. The largest absolute Gasteiger partial charge is 0.484 e. The van der Waals surface area contributed by atoms with Gasteiger partial charge in [0.25, 0.3) is 5.91 Å². The number of nitrogens with one attached hydrogen (secondary N) is 3. The zero-order valence-corrected chi connectivity index (χ0v) is 16.0. The van der Waals surface area contributed by atoms with Crippen molar-refractivity contribution in [1.29, 1.82) is 0 Å². The first-order valence-corrected chi connectivity index (χ1v) is 8.83. The summed E-state index contributed by atoms with van der Waals surface area (Å²) >= 11 is 12.0. The van der Waals surface area contributed by atoms with Gasteiger partial charge in [-0.2, -0.15) is 0 Å². The molecule has 28 heavy (non-hydrogen) atoms. The average molecular weight is 419 g/mol. The van der Waals surface area contributed by atoms with E-state index in [0.717, 1.165) is 0 Å². The number of anilines is 4. The molecule has 5 N–H and O–H groups in total. The molecule has 1 heterocycles. The number of nitrogens with zero attached hydrogens (tertiary/aromatic N) is 2. The number of hydrogen-bond acceptors (Lipinski definition) is 7. The molecule has 0 radical (unpaired) electrons. The highest BCUT2D eigenvalue weighted by atomic mass is 35.5. The molecule has 0 aliphatic rings. The summed E-state index contributed by atoms with van der Waals surface area (Å²) in [7, 11) is 0. The predicted octanol–water partition coefficient (Wildman–Crippen LogP) is 3.63. The van der Waals surface area contributed by atoms with Gasteiger partial charge in [0.15, 0.2) is 18.2 Å². The van der Waals surface area contributed by atoms with Crippen LogP contribution < -0.4 is 26.6 Å². The smallest absolute Gasteiger partial charge is 0.276 e. The van der Waals surface area contributed by atoms with Gasteiger partial charge in [-0.3, -0.25) is 15.6 Å². The molecule has 3 rings (SSSR count). The summed E-state index contributed by atoms with van der Waals surface area (Å²) in [4.78, 5) is 20.0. The lowest BCUT2D eigenvalue weighted by atomic mass is 10.3. The Hall–Kier alpha value is -3.23. The molecule has 0 aliphatic carbocycles. The number of nitrogen functional groups attached to an aromatic ring is 1. The number of ether oxygens (including phenoxy) is 1. The standard InChI is InChI=1S/C18H16Cl2N6O2/c19-11-6-12(20)8-13(7-11)24-17-16(21)18(23-10-22-17)26-25-15(27)9-28-14-4-2-1-3-5-14/h1-8,10H,9,21H2,(H,25,27)(H2,22,23,24,26). The van der Waals surface area contributed by atoms with E-state index in [1.165, 1.54) is 6.33 Å². The SMILES string of the molecule is Nc1c(NNC(=O)COc2ccccc2)ncnc1Nc1cc(Cl)cc(Cl)c1. The van der Waals surface area contributed by atoms with Gasteiger partial charge in [0.1, 0.15) is 17.8 Å². The van der Waals surface area contributed by atoms with Crippen molar-refractivity contribution in [3.8, 4) is 5.75 Å². The van der Waals surface area contributed by atoms with Gasteiger partial charge >= 0.3 is 0 Å². The summed E-state index contributed by atoms with van der Waals surface area (Å²) in [5, 5.41) is 3.94. The maximum atomic E-state index is 11.9. The minimum Gasteiger partial charge on any atom is -0.484 e. The Bertz CT molecular complexity index is 951. The number of para-hydroxylation sites is 1. The summed E-state index contributed by atoms with van der Waals surface area (Å²) in [5.74, 6) is 0.730. The van der Waals surface area contributed by atoms with Crippen molar-refractivity contribution in [2.24, 2.45) is 0 Å². The van der Waals surface area contributed by atoms with Crippen LogP contribution in [-0.4, -0.2) is 22.5 Å². The summed E-state index contributed by atoms with van der Waals surface area (Å²) in [6.07, 6.45) is 1.29. The number of amides is 1. The first kappa shape index (κ1) is 19.5. The fourth-order valence-corrected chi connectivity index (χ4v) is 2.71. The van der Waals surface area contributed by atoms with Crippen molar-refractivity contribution < 1.29 is 9.53 Å². The van der Waals surface area contributed by atoms with Crippen LogP contribution in [0.4, 0.5) is 23.0 Å². The molecular weight excluding hydrogens is 403 g/mol. The Balaban J connectivity index is 1.60. The third kappa shape index (κ3) is 5.38. The monoisotopic (exact) mass is 418 g/mol. The molecule has 1 amide bonds. The van der Waals surface area contributed by atoms with Crippen LogP contribution >= 0.6 is 23.2 Å². The molecule has 0 saturated carbocycles. The van der Waals surface area contributed by atoms with Gasteiger partial charge in [0.2, 0.25) is 0 Å². The van der Waals surface area contributed by atoms with Gasteiger partial charge in [-0.15, -0.1) is 0 Å². The molecule has 0 fully saturated rings. The van der Waals surface area contributed by atoms with Crippen LogP contribution in [0.15, 0.2) is 54.9 Å². The van der Waals surface area contributed by atoms with E-state index >= 15 is 0 Å². The molecule has 0 aliphatic heterocycles. The summed E-state index contributed by atoms with van der Waals surface area (Å²) in [5.41, 5.74) is 12.0. The zero-order chi connectivity index (χ0) is 19.9. The summed E-state index contributed by atoms with van der Waals surface area (Å²) in [6, 6.07) is 13.9. The Kier molecular flexibility index (Phi) is 6.36. The molecule has 10 heteroatoms. The van der Waals surface area contributed by atoms with Crippen LogP contribution in [0.3, 0.4) is 0 Å². The third-order valence-electron chi connectivity index (χ3n) is 3.44. The third-order valence-corrected chi connectivity index (χ3v) is 3.88. The number of halogens is 2. The van der Waals surface area contributed by atoms with Gasteiger partial charge in [-0.05, 0) is 30.3 Å². The zero-order valence-electron chi connectivity index (χ0n) is 14.4.